The number of benzene rings is 1. The second-order valence-electron chi connectivity index (χ2n) is 5.08. The van der Waals surface area contributed by atoms with Crippen molar-refractivity contribution in [3.8, 4) is 0 Å². The molecule has 118 valence electrons. The number of amides is 2. The minimum atomic E-state index is -1.07. The zero-order chi connectivity index (χ0) is 16.1. The molecule has 1 heterocycles. The highest BCUT2D eigenvalue weighted by molar-refractivity contribution is 7.99. The van der Waals surface area contributed by atoms with Crippen LogP contribution in [0.25, 0.3) is 0 Å². The molecule has 1 aromatic rings. The molecule has 1 aromatic carbocycles. The second-order valence-corrected chi connectivity index (χ2v) is 6.08. The number of carboxylic acid groups (broad SMARTS) is 1. The Morgan fingerprint density at radius 1 is 1.32 bits per heavy atom. The van der Waals surface area contributed by atoms with E-state index in [0.29, 0.717) is 11.6 Å². The molecule has 1 fully saturated rings. The molecule has 1 aliphatic rings. The molecule has 2 amide bonds. The van der Waals surface area contributed by atoms with Crippen LogP contribution in [0, 0.1) is 0 Å². The van der Waals surface area contributed by atoms with Crippen molar-refractivity contribution >= 4 is 29.5 Å². The molecule has 1 unspecified atom stereocenters. The largest absolute Gasteiger partial charge is 0.480 e. The van der Waals surface area contributed by atoms with Crippen LogP contribution in [0.2, 0.25) is 0 Å². The summed E-state index contributed by atoms with van der Waals surface area (Å²) in [5, 5.41) is 9.05. The van der Waals surface area contributed by atoms with Crippen molar-refractivity contribution in [3.63, 3.8) is 0 Å². The van der Waals surface area contributed by atoms with Gasteiger partial charge in [-0.15, -0.1) is 11.8 Å². The highest BCUT2D eigenvalue weighted by Crippen LogP contribution is 2.23. The van der Waals surface area contributed by atoms with E-state index in [-0.39, 0.29) is 24.9 Å². The van der Waals surface area contributed by atoms with Gasteiger partial charge in [0.1, 0.15) is 12.6 Å². The maximum absolute atomic E-state index is 12.7. The highest BCUT2D eigenvalue weighted by atomic mass is 32.2. The quantitative estimate of drug-likeness (QED) is 0.876. The van der Waals surface area contributed by atoms with Crippen molar-refractivity contribution in [2.24, 2.45) is 0 Å². The van der Waals surface area contributed by atoms with E-state index in [1.807, 2.05) is 30.3 Å². The fourth-order valence-corrected chi connectivity index (χ4v) is 3.56. The van der Waals surface area contributed by atoms with Crippen LogP contribution in [0.1, 0.15) is 12.5 Å². The number of nitrogens with zero attached hydrogens (tertiary/aromatic N) is 2. The fourth-order valence-electron chi connectivity index (χ4n) is 2.35. The zero-order valence-corrected chi connectivity index (χ0v) is 13.1. The third-order valence-corrected chi connectivity index (χ3v) is 4.44. The summed E-state index contributed by atoms with van der Waals surface area (Å²) in [6.07, 6.45) is 0. The molecule has 22 heavy (non-hydrogen) atoms. The second kappa shape index (κ2) is 7.31. The summed E-state index contributed by atoms with van der Waals surface area (Å²) >= 11 is 1.50. The number of rotatable bonds is 5. The van der Waals surface area contributed by atoms with Gasteiger partial charge >= 0.3 is 5.97 Å². The maximum Gasteiger partial charge on any atom is 0.323 e. The van der Waals surface area contributed by atoms with Crippen molar-refractivity contribution in [3.05, 3.63) is 35.9 Å². The zero-order valence-electron chi connectivity index (χ0n) is 12.3. The molecule has 0 saturated carbocycles. The lowest BCUT2D eigenvalue weighted by Crippen LogP contribution is -2.49. The minimum absolute atomic E-state index is 0.168. The topological polar surface area (TPSA) is 77.9 Å². The first-order valence-electron chi connectivity index (χ1n) is 6.88. The van der Waals surface area contributed by atoms with E-state index in [0.717, 1.165) is 5.56 Å². The minimum Gasteiger partial charge on any atom is -0.480 e. The van der Waals surface area contributed by atoms with Crippen molar-refractivity contribution < 1.29 is 19.5 Å². The van der Waals surface area contributed by atoms with Gasteiger partial charge < -0.3 is 14.9 Å². The first-order chi connectivity index (χ1) is 10.5. The number of carbonyl (C=O) groups excluding carboxylic acids is 2. The van der Waals surface area contributed by atoms with Crippen LogP contribution in [0.15, 0.2) is 30.3 Å². The van der Waals surface area contributed by atoms with Gasteiger partial charge in [0.05, 0.1) is 5.88 Å². The smallest absolute Gasteiger partial charge is 0.323 e. The van der Waals surface area contributed by atoms with Gasteiger partial charge in [0, 0.05) is 19.2 Å². The summed E-state index contributed by atoms with van der Waals surface area (Å²) in [6, 6.07) is 8.64. The third-order valence-electron chi connectivity index (χ3n) is 3.43. The Balaban J connectivity index is 2.15. The number of carbonyl (C=O) groups is 3. The lowest BCUT2D eigenvalue weighted by atomic mass is 10.2. The van der Waals surface area contributed by atoms with Crippen LogP contribution < -0.4 is 0 Å². The predicted molar refractivity (Wildman–Crippen MR) is 83.1 cm³/mol. The molecule has 1 atom stereocenters. The SMILES string of the molecule is CC(=O)N1CSCC1C(=O)N(CC(=O)O)Cc1ccccc1. The molecule has 1 aliphatic heterocycles. The summed E-state index contributed by atoms with van der Waals surface area (Å²) in [5.41, 5.74) is 0.858. The number of thioether (sulfide) groups is 1. The van der Waals surface area contributed by atoms with Crippen LogP contribution >= 0.6 is 11.8 Å². The number of hydrogen-bond acceptors (Lipinski definition) is 4. The molecule has 2 rings (SSSR count). The van der Waals surface area contributed by atoms with E-state index in [4.69, 9.17) is 5.11 Å². The Morgan fingerprint density at radius 3 is 2.59 bits per heavy atom. The molecule has 7 heteroatoms. The molecule has 0 bridgehead atoms. The molecule has 0 aliphatic carbocycles. The summed E-state index contributed by atoms with van der Waals surface area (Å²) in [4.78, 5) is 38.1. The van der Waals surface area contributed by atoms with Gasteiger partial charge in [0.15, 0.2) is 0 Å². The highest BCUT2D eigenvalue weighted by Gasteiger charge is 2.36. The van der Waals surface area contributed by atoms with E-state index in [1.165, 1.54) is 28.5 Å². The van der Waals surface area contributed by atoms with Crippen molar-refractivity contribution in [1.82, 2.24) is 9.80 Å². The van der Waals surface area contributed by atoms with Crippen LogP contribution in [0.5, 0.6) is 0 Å². The van der Waals surface area contributed by atoms with Gasteiger partial charge in [-0.25, -0.2) is 0 Å². The Morgan fingerprint density at radius 2 is 2.00 bits per heavy atom. The van der Waals surface area contributed by atoms with Gasteiger partial charge in [-0.2, -0.15) is 0 Å². The molecule has 0 spiro atoms. The van der Waals surface area contributed by atoms with Gasteiger partial charge in [0.25, 0.3) is 0 Å². The molecule has 1 N–H and O–H groups in total. The van der Waals surface area contributed by atoms with Crippen LogP contribution in [-0.2, 0) is 20.9 Å². The number of carboxylic acids is 1. The van der Waals surface area contributed by atoms with Gasteiger partial charge in [-0.1, -0.05) is 30.3 Å². The summed E-state index contributed by atoms with van der Waals surface area (Å²) in [7, 11) is 0. The molecule has 0 aromatic heterocycles. The Labute approximate surface area is 133 Å². The maximum atomic E-state index is 12.7. The first-order valence-corrected chi connectivity index (χ1v) is 8.04. The average molecular weight is 322 g/mol. The lowest BCUT2D eigenvalue weighted by molar-refractivity contribution is -0.148. The molecule has 6 nitrogen and oxygen atoms in total. The van der Waals surface area contributed by atoms with E-state index < -0.39 is 12.0 Å². The fraction of sp³-hybridized carbons (Fsp3) is 0.400. The third kappa shape index (κ3) is 4.00. The van der Waals surface area contributed by atoms with Crippen molar-refractivity contribution in [1.29, 1.82) is 0 Å². The average Bonchev–Trinajstić information content (AvgIpc) is 2.96. The summed E-state index contributed by atoms with van der Waals surface area (Å²) in [6.45, 7) is 1.27. The van der Waals surface area contributed by atoms with Crippen molar-refractivity contribution in [2.45, 2.75) is 19.5 Å². The lowest BCUT2D eigenvalue weighted by Gasteiger charge is -2.28. The Kier molecular flexibility index (Phi) is 5.43. The van der Waals surface area contributed by atoms with Crippen molar-refractivity contribution in [2.75, 3.05) is 18.2 Å². The van der Waals surface area contributed by atoms with Gasteiger partial charge in [-0.05, 0) is 5.56 Å². The van der Waals surface area contributed by atoms with E-state index in [2.05, 4.69) is 0 Å². The van der Waals surface area contributed by atoms with Crippen LogP contribution in [0.4, 0.5) is 0 Å². The first kappa shape index (κ1) is 16.4. The molecular weight excluding hydrogens is 304 g/mol. The number of hydrogen-bond donors (Lipinski definition) is 1. The Hall–Kier alpha value is -2.02. The monoisotopic (exact) mass is 322 g/mol. The summed E-state index contributed by atoms with van der Waals surface area (Å²) < 4.78 is 0. The van der Waals surface area contributed by atoms with E-state index >= 15 is 0 Å². The standard InChI is InChI=1S/C15H18N2O4S/c1-11(18)17-10-22-9-13(17)15(21)16(8-14(19)20)7-12-5-3-2-4-6-12/h2-6,13H,7-10H2,1H3,(H,19,20). The number of aliphatic carboxylic acids is 1. The van der Waals surface area contributed by atoms with E-state index in [1.54, 1.807) is 0 Å². The molecule has 0 radical (unpaired) electrons. The van der Waals surface area contributed by atoms with Crippen LogP contribution in [-0.4, -0.2) is 56.9 Å². The predicted octanol–water partition coefficient (Wildman–Crippen LogP) is 1.02. The summed E-state index contributed by atoms with van der Waals surface area (Å²) in [5.74, 6) is -0.574. The van der Waals surface area contributed by atoms with Crippen LogP contribution in [0.3, 0.4) is 0 Å². The van der Waals surface area contributed by atoms with Gasteiger partial charge in [-0.3, -0.25) is 14.4 Å². The Bertz CT molecular complexity index is 564. The van der Waals surface area contributed by atoms with Gasteiger partial charge in [0.2, 0.25) is 11.8 Å². The molecule has 1 saturated heterocycles. The normalized spacial score (nSPS) is 17.3. The van der Waals surface area contributed by atoms with E-state index in [9.17, 15) is 14.4 Å². The molecular formula is C15H18N2O4S.